The summed E-state index contributed by atoms with van der Waals surface area (Å²) in [4.78, 5) is 14.4. The number of carbonyl (C=O) groups excluding carboxylic acids is 1. The molecular formula is C17H18N2O3. The number of nitrogens with one attached hydrogen (secondary N) is 1. The van der Waals surface area contributed by atoms with Gasteiger partial charge in [-0.15, -0.1) is 0 Å². The average Bonchev–Trinajstić information content (AvgIpc) is 3.06. The van der Waals surface area contributed by atoms with E-state index in [0.717, 1.165) is 11.4 Å². The summed E-state index contributed by atoms with van der Waals surface area (Å²) in [6, 6.07) is 11.2. The standard InChI is InChI=1S/C17H18N2O3/c1-21-12-10-19-16(9-8-13-5-4-11-22-13)18-15-7-3-2-6-14(15)17(19)20/h2-9,11,16,18H,10,12H2,1H3/b9-8+/t16-/m1/s1. The Balaban J connectivity index is 1.87. The molecule has 0 aliphatic carbocycles. The maximum Gasteiger partial charge on any atom is 0.257 e. The number of amides is 1. The number of rotatable bonds is 5. The molecule has 2 heterocycles. The Morgan fingerprint density at radius 2 is 2.18 bits per heavy atom. The summed E-state index contributed by atoms with van der Waals surface area (Å²) in [5, 5.41) is 3.37. The molecule has 0 bridgehead atoms. The van der Waals surface area contributed by atoms with Gasteiger partial charge in [-0.3, -0.25) is 4.79 Å². The number of benzene rings is 1. The minimum absolute atomic E-state index is 0.000458. The SMILES string of the molecule is COCCN1C(=O)c2ccccc2N[C@H]1/C=C/c1ccco1. The molecule has 1 N–H and O–H groups in total. The van der Waals surface area contributed by atoms with E-state index in [1.54, 1.807) is 18.3 Å². The number of ether oxygens (including phenoxy) is 1. The van der Waals surface area contributed by atoms with Crippen molar-refractivity contribution in [2.45, 2.75) is 6.17 Å². The van der Waals surface area contributed by atoms with E-state index in [4.69, 9.17) is 9.15 Å². The van der Waals surface area contributed by atoms with Crippen LogP contribution >= 0.6 is 0 Å². The number of methoxy groups -OCH3 is 1. The zero-order valence-electron chi connectivity index (χ0n) is 12.4. The first-order valence-electron chi connectivity index (χ1n) is 7.17. The third kappa shape index (κ3) is 2.89. The maximum atomic E-state index is 12.7. The van der Waals surface area contributed by atoms with Crippen molar-refractivity contribution in [2.24, 2.45) is 0 Å². The summed E-state index contributed by atoms with van der Waals surface area (Å²) < 4.78 is 10.4. The van der Waals surface area contributed by atoms with Gasteiger partial charge < -0.3 is 19.4 Å². The number of carbonyl (C=O) groups is 1. The highest BCUT2D eigenvalue weighted by Gasteiger charge is 2.29. The van der Waals surface area contributed by atoms with Gasteiger partial charge in [-0.2, -0.15) is 0 Å². The highest BCUT2D eigenvalue weighted by Crippen LogP contribution is 2.25. The lowest BCUT2D eigenvalue weighted by atomic mass is 10.1. The molecular weight excluding hydrogens is 280 g/mol. The van der Waals surface area contributed by atoms with Crippen LogP contribution in [0.2, 0.25) is 0 Å². The van der Waals surface area contributed by atoms with Gasteiger partial charge in [0, 0.05) is 19.3 Å². The molecule has 0 radical (unpaired) electrons. The van der Waals surface area contributed by atoms with Crippen LogP contribution in [0.1, 0.15) is 16.1 Å². The molecule has 0 spiro atoms. The van der Waals surface area contributed by atoms with Crippen LogP contribution in [0.15, 0.2) is 53.2 Å². The molecule has 1 aliphatic rings. The number of hydrogen-bond donors (Lipinski definition) is 1. The fourth-order valence-electron chi connectivity index (χ4n) is 2.47. The van der Waals surface area contributed by atoms with Crippen molar-refractivity contribution in [3.05, 3.63) is 60.1 Å². The summed E-state index contributed by atoms with van der Waals surface area (Å²) >= 11 is 0. The van der Waals surface area contributed by atoms with Crippen LogP contribution in [-0.4, -0.2) is 37.2 Å². The van der Waals surface area contributed by atoms with E-state index in [1.165, 1.54) is 0 Å². The molecule has 5 nitrogen and oxygen atoms in total. The molecule has 0 saturated carbocycles. The smallest absolute Gasteiger partial charge is 0.257 e. The van der Waals surface area contributed by atoms with E-state index in [2.05, 4.69) is 5.32 Å². The van der Waals surface area contributed by atoms with Gasteiger partial charge in [0.1, 0.15) is 11.9 Å². The minimum Gasteiger partial charge on any atom is -0.465 e. The Hall–Kier alpha value is -2.53. The normalized spacial score (nSPS) is 17.6. The largest absolute Gasteiger partial charge is 0.465 e. The molecule has 0 unspecified atom stereocenters. The van der Waals surface area contributed by atoms with Crippen molar-refractivity contribution in [3.63, 3.8) is 0 Å². The van der Waals surface area contributed by atoms with Crippen LogP contribution in [0.3, 0.4) is 0 Å². The quantitative estimate of drug-likeness (QED) is 0.922. The van der Waals surface area contributed by atoms with Crippen molar-refractivity contribution in [1.82, 2.24) is 4.90 Å². The molecule has 0 saturated heterocycles. The predicted molar refractivity (Wildman–Crippen MR) is 84.5 cm³/mol. The second-order valence-corrected chi connectivity index (χ2v) is 5.00. The summed E-state index contributed by atoms with van der Waals surface area (Å²) in [6.45, 7) is 1.00. The van der Waals surface area contributed by atoms with Crippen molar-refractivity contribution in [1.29, 1.82) is 0 Å². The van der Waals surface area contributed by atoms with Gasteiger partial charge in [0.15, 0.2) is 0 Å². The third-order valence-electron chi connectivity index (χ3n) is 3.58. The van der Waals surface area contributed by atoms with Crippen molar-refractivity contribution in [2.75, 3.05) is 25.6 Å². The Morgan fingerprint density at radius 3 is 2.95 bits per heavy atom. The predicted octanol–water partition coefficient (Wildman–Crippen LogP) is 2.83. The van der Waals surface area contributed by atoms with Crippen LogP contribution in [0, 0.1) is 0 Å². The fourth-order valence-corrected chi connectivity index (χ4v) is 2.47. The second-order valence-electron chi connectivity index (χ2n) is 5.00. The summed E-state index contributed by atoms with van der Waals surface area (Å²) in [5.74, 6) is 0.750. The van der Waals surface area contributed by atoms with E-state index in [9.17, 15) is 4.79 Å². The van der Waals surface area contributed by atoms with Gasteiger partial charge in [-0.05, 0) is 36.4 Å². The van der Waals surface area contributed by atoms with Crippen LogP contribution < -0.4 is 5.32 Å². The molecule has 1 aliphatic heterocycles. The second kappa shape index (κ2) is 6.49. The minimum atomic E-state index is -0.234. The van der Waals surface area contributed by atoms with Crippen LogP contribution in [0.25, 0.3) is 6.08 Å². The van der Waals surface area contributed by atoms with Crippen molar-refractivity contribution >= 4 is 17.7 Å². The molecule has 2 aromatic rings. The number of nitrogens with zero attached hydrogens (tertiary/aromatic N) is 1. The van der Waals surface area contributed by atoms with Gasteiger partial charge in [0.25, 0.3) is 5.91 Å². The lowest BCUT2D eigenvalue weighted by Gasteiger charge is -2.36. The van der Waals surface area contributed by atoms with E-state index in [0.29, 0.717) is 18.7 Å². The van der Waals surface area contributed by atoms with E-state index >= 15 is 0 Å². The average molecular weight is 298 g/mol. The van der Waals surface area contributed by atoms with Gasteiger partial charge in [-0.1, -0.05) is 12.1 Å². The fraction of sp³-hybridized carbons (Fsp3) is 0.235. The lowest BCUT2D eigenvalue weighted by Crippen LogP contribution is -2.49. The van der Waals surface area contributed by atoms with Crippen molar-refractivity contribution in [3.8, 4) is 0 Å². The van der Waals surface area contributed by atoms with E-state index < -0.39 is 0 Å². The number of anilines is 1. The highest BCUT2D eigenvalue weighted by atomic mass is 16.5. The van der Waals surface area contributed by atoms with Crippen molar-refractivity contribution < 1.29 is 13.9 Å². The topological polar surface area (TPSA) is 54.7 Å². The monoisotopic (exact) mass is 298 g/mol. The Kier molecular flexibility index (Phi) is 4.25. The number of fused-ring (bicyclic) bond motifs is 1. The maximum absolute atomic E-state index is 12.7. The van der Waals surface area contributed by atoms with Gasteiger partial charge in [-0.25, -0.2) is 0 Å². The Bertz CT molecular complexity index is 664. The molecule has 5 heteroatoms. The third-order valence-corrected chi connectivity index (χ3v) is 3.58. The summed E-state index contributed by atoms with van der Waals surface area (Å²) in [6.07, 6.45) is 5.17. The molecule has 1 aromatic heterocycles. The van der Waals surface area contributed by atoms with E-state index in [-0.39, 0.29) is 12.1 Å². The molecule has 0 fully saturated rings. The summed E-state index contributed by atoms with van der Waals surface area (Å²) in [5.41, 5.74) is 1.52. The van der Waals surface area contributed by atoms with Crippen LogP contribution in [0.5, 0.6) is 0 Å². The summed E-state index contributed by atoms with van der Waals surface area (Å²) in [7, 11) is 1.63. The molecule has 114 valence electrons. The first-order chi connectivity index (χ1) is 10.8. The Morgan fingerprint density at radius 1 is 1.32 bits per heavy atom. The lowest BCUT2D eigenvalue weighted by molar-refractivity contribution is 0.0650. The van der Waals surface area contributed by atoms with Crippen LogP contribution in [-0.2, 0) is 4.74 Å². The molecule has 1 atom stereocenters. The van der Waals surface area contributed by atoms with Gasteiger partial charge in [0.2, 0.25) is 0 Å². The number of hydrogen-bond acceptors (Lipinski definition) is 4. The van der Waals surface area contributed by atoms with Gasteiger partial charge >= 0.3 is 0 Å². The highest BCUT2D eigenvalue weighted by molar-refractivity contribution is 6.01. The zero-order valence-corrected chi connectivity index (χ0v) is 12.4. The molecule has 22 heavy (non-hydrogen) atoms. The molecule has 3 rings (SSSR count). The molecule has 1 amide bonds. The van der Waals surface area contributed by atoms with E-state index in [1.807, 2.05) is 48.6 Å². The molecule has 1 aromatic carbocycles. The zero-order chi connectivity index (χ0) is 15.4. The van der Waals surface area contributed by atoms with Gasteiger partial charge in [0.05, 0.1) is 18.4 Å². The number of para-hydroxylation sites is 1. The number of furan rings is 1. The van der Waals surface area contributed by atoms with Crippen LogP contribution in [0.4, 0.5) is 5.69 Å². The first-order valence-corrected chi connectivity index (χ1v) is 7.17. The Labute approximate surface area is 129 Å². The first kappa shape index (κ1) is 14.4.